The summed E-state index contributed by atoms with van der Waals surface area (Å²) in [5.41, 5.74) is 0.543. The first kappa shape index (κ1) is 95.7. The molecule has 0 unspecified atom stereocenters. The fourth-order valence-electron chi connectivity index (χ4n) is 18.8. The largest absolute Gasteiger partial charge is 0.491 e. The van der Waals surface area contributed by atoms with E-state index in [1.54, 1.807) is 60.1 Å². The van der Waals surface area contributed by atoms with Crippen LogP contribution in [0.2, 0.25) is 10.0 Å². The van der Waals surface area contributed by atoms with Crippen molar-refractivity contribution in [1.82, 2.24) is 58.2 Å². The molecule has 4 saturated carbocycles. The van der Waals surface area contributed by atoms with E-state index < -0.39 is 141 Å². The second-order valence-electron chi connectivity index (χ2n) is 38.6. The van der Waals surface area contributed by atoms with Crippen LogP contribution in [0.15, 0.2) is 72.5 Å². The average Bonchev–Trinajstić information content (AvgIpc) is 1.56. The molecule has 6 aromatic rings. The zero-order valence-electron chi connectivity index (χ0n) is 75.1. The van der Waals surface area contributed by atoms with Gasteiger partial charge in [0.1, 0.15) is 92.0 Å². The first-order valence-electron chi connectivity index (χ1n) is 44.7. The summed E-state index contributed by atoms with van der Waals surface area (Å²) in [6.07, 6.45) is 4.39. The number of pyridine rings is 2. The number of rotatable bonds is 34. The van der Waals surface area contributed by atoms with Crippen molar-refractivity contribution in [3.63, 3.8) is 0 Å². The van der Waals surface area contributed by atoms with Crippen LogP contribution in [0.25, 0.3) is 43.2 Å². The Morgan fingerprint density at radius 3 is 1.35 bits per heavy atom. The summed E-state index contributed by atoms with van der Waals surface area (Å²) < 4.78 is 121. The van der Waals surface area contributed by atoms with Crippen LogP contribution in [0.5, 0.6) is 23.0 Å². The van der Waals surface area contributed by atoms with Crippen LogP contribution in [0.3, 0.4) is 0 Å². The van der Waals surface area contributed by atoms with Gasteiger partial charge in [0.15, 0.2) is 11.6 Å². The zero-order chi connectivity index (χ0) is 92.6. The van der Waals surface area contributed by atoms with E-state index in [0.29, 0.717) is 150 Å². The molecule has 5 amide bonds. The summed E-state index contributed by atoms with van der Waals surface area (Å²) in [6, 6.07) is 4.97. The summed E-state index contributed by atoms with van der Waals surface area (Å²) in [5.74, 6) is -3.08. The molecule has 38 heteroatoms. The Hall–Kier alpha value is -7.88. The van der Waals surface area contributed by atoms with Crippen molar-refractivity contribution in [2.45, 2.75) is 218 Å². The molecule has 12 atom stereocenters. The molecule has 10 heterocycles. The van der Waals surface area contributed by atoms with E-state index >= 15 is 4.79 Å². The van der Waals surface area contributed by atoms with Gasteiger partial charge in [0, 0.05) is 118 Å². The number of fused-ring (bicyclic) bond motifs is 4. The Bertz CT molecular complexity index is 5710. The minimum atomic E-state index is -3.93. The van der Waals surface area contributed by atoms with Crippen LogP contribution in [-0.2, 0) is 73.1 Å². The number of halogens is 2. The van der Waals surface area contributed by atoms with Crippen LogP contribution in [0.4, 0.5) is 0 Å². The number of piperazine rings is 2. The number of nitrogens with one attached hydrogen (secondary N) is 2. The van der Waals surface area contributed by atoms with E-state index in [1.807, 2.05) is 71.4 Å². The van der Waals surface area contributed by atoms with Gasteiger partial charge in [-0.3, -0.25) is 52.8 Å². The van der Waals surface area contributed by atoms with Crippen LogP contribution in [0.1, 0.15) is 170 Å². The van der Waals surface area contributed by atoms with Crippen LogP contribution < -0.4 is 28.4 Å². The molecule has 700 valence electrons. The summed E-state index contributed by atoms with van der Waals surface area (Å²) in [5, 5.41) is 5.61. The lowest BCUT2D eigenvalue weighted by molar-refractivity contribution is -0.161. The maximum Gasteiger partial charge on any atom is 0.246 e. The van der Waals surface area contributed by atoms with Crippen molar-refractivity contribution in [3.05, 3.63) is 93.9 Å². The van der Waals surface area contributed by atoms with E-state index in [1.165, 1.54) is 31.9 Å². The number of ketones is 2. The number of aromatic nitrogens is 4. The molecule has 16 rings (SSSR count). The smallest absolute Gasteiger partial charge is 0.246 e. The molecule has 10 aliphatic rings. The van der Waals surface area contributed by atoms with Gasteiger partial charge in [-0.2, -0.15) is 4.31 Å². The minimum absolute atomic E-state index is 0.0289. The number of sulfonamides is 3. The lowest BCUT2D eigenvalue weighted by atomic mass is 9.89. The van der Waals surface area contributed by atoms with Crippen molar-refractivity contribution in [1.29, 1.82) is 0 Å². The number of thiazole rings is 2. The summed E-state index contributed by atoms with van der Waals surface area (Å²) in [6.45, 7) is 37.2. The molecule has 6 saturated heterocycles. The number of ether oxygens (including phenoxy) is 6. The molecule has 129 heavy (non-hydrogen) atoms. The van der Waals surface area contributed by atoms with Gasteiger partial charge >= 0.3 is 0 Å². The Kier molecular flexibility index (Phi) is 28.1. The standard InChI is InChI=1S/C48H63ClN6O9S2.C43H55ClN6O10S3/c1-9-29-22-48(29,46(59)52-66(60,61)30-10-11-30)23-36(56)34-21-39(35-25-54(40(57)24-47(6,7)8)43(28(4)5)45(58)55(34)35)64-38-20-32(44-51-33(26-65-44)27(2)3)50-42-31(38)12-13-37(41(42)49)63-19-16-53-14-17-62-18-15-53;1-7-26-20-43(26,42(53)47-63(56,57)27-8-9-27)21-33(51)31-19-36(32-22-49(62(6,54)55)39(25(4)5)41(52)50(31)32)60-35-18-29(40-46-30(23-61-40)24(2)3)45-38-28(35)10-11-34(37(38)44)59-17-14-48-12-15-58-16-13-48/h9,12-13,20,26-30,34-35,39,43H,1,10-11,14-19,21-25H2,2-8H3,(H,52,59);7,10-11,18,23-27,31-32,36,39H,1,8-9,12-17,19-22H2,2-6H3,(H,47,53)/t29-,34+,35-,39-,43-,48-;26-,31+,32-,36-,39-,43-/m11/s1. The van der Waals surface area contributed by atoms with Crippen molar-refractivity contribution in [3.8, 4) is 44.4 Å². The minimum Gasteiger partial charge on any atom is -0.491 e. The molecule has 2 N–H and O–H groups in total. The third-order valence-corrected chi connectivity index (χ3v) is 33.9. The zero-order valence-corrected chi connectivity index (χ0v) is 80.7. The fraction of sp³-hybridized carbons (Fsp3) is 0.615. The summed E-state index contributed by atoms with van der Waals surface area (Å²) >= 11 is 17.2. The monoisotopic (exact) mass is 1910 g/mol. The molecule has 4 aliphatic carbocycles. The molecule has 0 bridgehead atoms. The van der Waals surface area contributed by atoms with Gasteiger partial charge in [0.05, 0.1) is 101 Å². The molecule has 0 spiro atoms. The number of carbonyl (C=O) groups excluding carboxylic acids is 7. The SMILES string of the molecule is C=C[C@@H]1C[C@]1(CC(=O)[C@@H]1C[C@@H](Oc2cc(-c3nc(C(C)C)cs3)nc3c(Cl)c(OCCN4CCOCC4)ccc23)[C@H]2CN(C(=O)CC(C)(C)C)[C@H](C(C)C)C(=O)N21)C(=O)NS(=O)(=O)C1CC1.C=C[C@@H]1C[C@]1(CC(=O)[C@@H]1C[C@@H](Oc2cc(-c3nc(C(C)C)cs3)nc3c(Cl)c(OCCN4CCOCC4)ccc23)[C@H]2CN(S(C)(=O)=O)[C@H](C(C)C)C(=O)N21)C(=O)NS(=O)(=O)C1CC1. The molecule has 4 aromatic heterocycles. The van der Waals surface area contributed by atoms with E-state index in [9.17, 15) is 54.0 Å². The second-order valence-corrected chi connectivity index (χ2v) is 46.9. The van der Waals surface area contributed by atoms with Crippen molar-refractivity contribution < 1.29 is 87.2 Å². The summed E-state index contributed by atoms with van der Waals surface area (Å²) in [4.78, 5) is 130. The van der Waals surface area contributed by atoms with Crippen molar-refractivity contribution in [2.75, 3.05) is 98.3 Å². The average molecular weight is 1920 g/mol. The number of allylic oxidation sites excluding steroid dienone is 2. The fourth-order valence-corrected chi connectivity index (χ4v) is 25.2. The highest BCUT2D eigenvalue weighted by atomic mass is 35.5. The lowest BCUT2D eigenvalue weighted by Crippen LogP contribution is -2.66. The Morgan fingerprint density at radius 2 is 0.992 bits per heavy atom. The predicted octanol–water partition coefficient (Wildman–Crippen LogP) is 11.2. The van der Waals surface area contributed by atoms with Gasteiger partial charge in [0.2, 0.25) is 59.6 Å². The van der Waals surface area contributed by atoms with E-state index in [2.05, 4.69) is 46.2 Å². The van der Waals surface area contributed by atoms with Crippen LogP contribution >= 0.6 is 45.9 Å². The Balaban J connectivity index is 0.000000198. The first-order valence-corrected chi connectivity index (χ1v) is 52.2. The molecular weight excluding hydrogens is 1800 g/mol. The number of hydrogen-bond acceptors (Lipinski definition) is 27. The van der Waals surface area contributed by atoms with Crippen LogP contribution in [-0.4, -0.2) is 272 Å². The molecule has 6 aliphatic heterocycles. The molecule has 0 radical (unpaired) electrons. The number of morpholine rings is 2. The highest BCUT2D eigenvalue weighted by Crippen LogP contribution is 2.59. The lowest BCUT2D eigenvalue weighted by Gasteiger charge is -2.47. The van der Waals surface area contributed by atoms with Crippen molar-refractivity contribution in [2.24, 2.45) is 39.9 Å². The Labute approximate surface area is 773 Å². The maximum absolute atomic E-state index is 15.0. The molecular formula is C91H118Cl2N12O19S5. The number of Topliss-reactive ketones (excluding diaryl/α,β-unsaturated/α-hetero) is 2. The molecule has 31 nitrogen and oxygen atoms in total. The number of benzene rings is 2. The summed E-state index contributed by atoms with van der Waals surface area (Å²) in [7, 11) is -11.7. The highest BCUT2D eigenvalue weighted by Gasteiger charge is 2.66. The van der Waals surface area contributed by atoms with Gasteiger partial charge < -0.3 is 43.1 Å². The number of amides is 5. The van der Waals surface area contributed by atoms with E-state index in [-0.39, 0.29) is 104 Å². The maximum atomic E-state index is 15.0. The van der Waals surface area contributed by atoms with Gasteiger partial charge in [-0.1, -0.05) is 112 Å². The Morgan fingerprint density at radius 1 is 0.589 bits per heavy atom. The van der Waals surface area contributed by atoms with Gasteiger partial charge in [0.25, 0.3) is 0 Å². The van der Waals surface area contributed by atoms with Gasteiger partial charge in [-0.25, -0.2) is 45.2 Å². The second kappa shape index (κ2) is 37.9. The van der Waals surface area contributed by atoms with Gasteiger partial charge in [-0.05, 0) is 104 Å². The first-order chi connectivity index (χ1) is 61.0. The van der Waals surface area contributed by atoms with Gasteiger partial charge in [-0.15, -0.1) is 35.8 Å². The highest BCUT2D eigenvalue weighted by molar-refractivity contribution is 7.91. The number of hydrogen-bond donors (Lipinski definition) is 2. The quantitative estimate of drug-likeness (QED) is 0.0354. The molecule has 10 fully saturated rings. The third kappa shape index (κ3) is 20.3. The topological polar surface area (TPSA) is 372 Å². The van der Waals surface area contributed by atoms with Crippen LogP contribution in [0, 0.1) is 39.9 Å². The van der Waals surface area contributed by atoms with Crippen molar-refractivity contribution >= 4 is 139 Å². The van der Waals surface area contributed by atoms with E-state index in [4.69, 9.17) is 71.6 Å². The number of carbonyl (C=O) groups is 7. The normalized spacial score (nSPS) is 26.4. The third-order valence-electron chi connectivity index (χ3n) is 26.6. The predicted molar refractivity (Wildman–Crippen MR) is 492 cm³/mol. The molecule has 2 aromatic carbocycles. The van der Waals surface area contributed by atoms with E-state index in [0.717, 1.165) is 43.8 Å². The number of nitrogens with zero attached hydrogens (tertiary/aromatic N) is 10.